The van der Waals surface area contributed by atoms with Gasteiger partial charge in [0.15, 0.2) is 11.1 Å². The van der Waals surface area contributed by atoms with Crippen molar-refractivity contribution in [3.63, 3.8) is 0 Å². The van der Waals surface area contributed by atoms with Crippen molar-refractivity contribution < 1.29 is 8.76 Å². The van der Waals surface area contributed by atoms with Gasteiger partial charge >= 0.3 is 0 Å². The van der Waals surface area contributed by atoms with E-state index in [0.29, 0.717) is 0 Å². The van der Waals surface area contributed by atoms with Crippen LogP contribution < -0.4 is 11.5 Å². The number of hydrogen-bond acceptors (Lipinski definition) is 5. The fraction of sp³-hybridized carbons (Fsp3) is 0. The van der Waals surface area contributed by atoms with Crippen LogP contribution >= 0.6 is 0 Å². The molecule has 0 radical (unpaired) electrons. The van der Waals surface area contributed by atoms with E-state index in [2.05, 4.69) is 9.97 Å². The topological polar surface area (TPSA) is 115 Å². The lowest BCUT2D eigenvalue weighted by Gasteiger charge is -1.98. The van der Waals surface area contributed by atoms with Gasteiger partial charge in [0.05, 0.1) is 6.20 Å². The van der Waals surface area contributed by atoms with E-state index in [1.807, 2.05) is 0 Å². The number of nitrogens with zero attached hydrogens (tertiary/aromatic N) is 2. The van der Waals surface area contributed by atoms with Crippen LogP contribution in [0.15, 0.2) is 11.1 Å². The van der Waals surface area contributed by atoms with Crippen LogP contribution in [0.1, 0.15) is 0 Å². The van der Waals surface area contributed by atoms with Crippen LogP contribution in [0, 0.1) is 0 Å². The quantitative estimate of drug-likeness (QED) is 0.481. The highest BCUT2D eigenvalue weighted by molar-refractivity contribution is 7.79. The minimum Gasteiger partial charge on any atom is -0.382 e. The zero-order valence-electron chi connectivity index (χ0n) is 5.39. The molecule has 0 saturated heterocycles. The Bertz CT molecular complexity index is 302. The van der Waals surface area contributed by atoms with Gasteiger partial charge in [-0.3, -0.25) is 0 Å². The zero-order valence-corrected chi connectivity index (χ0v) is 6.21. The molecule has 1 atom stereocenters. The Morgan fingerprint density at radius 3 is 2.64 bits per heavy atom. The van der Waals surface area contributed by atoms with Crippen LogP contribution in [0.2, 0.25) is 0 Å². The Labute approximate surface area is 64.9 Å². The molecule has 60 valence electrons. The van der Waals surface area contributed by atoms with Crippen LogP contribution in [-0.2, 0) is 11.1 Å². The lowest BCUT2D eigenvalue weighted by Crippen LogP contribution is -2.04. The predicted octanol–water partition coefficient (Wildman–Crippen LogP) is -0.778. The zero-order chi connectivity index (χ0) is 8.43. The van der Waals surface area contributed by atoms with Gasteiger partial charge in [-0.1, -0.05) is 0 Å². The molecule has 1 unspecified atom stereocenters. The molecule has 0 spiro atoms. The molecule has 0 aliphatic rings. The van der Waals surface area contributed by atoms with Gasteiger partial charge in [-0.25, -0.2) is 9.19 Å². The summed E-state index contributed by atoms with van der Waals surface area (Å²) in [6.07, 6.45) is 1.12. The second-order valence-corrected chi connectivity index (χ2v) is 2.66. The van der Waals surface area contributed by atoms with E-state index in [0.717, 1.165) is 6.20 Å². The third kappa shape index (κ3) is 1.63. The number of rotatable bonds is 1. The van der Waals surface area contributed by atoms with Crippen LogP contribution in [0.25, 0.3) is 0 Å². The molecule has 0 saturated carbocycles. The second kappa shape index (κ2) is 2.81. The van der Waals surface area contributed by atoms with Gasteiger partial charge in [0.25, 0.3) is 0 Å². The van der Waals surface area contributed by atoms with Gasteiger partial charge in [0.1, 0.15) is 10.7 Å². The summed E-state index contributed by atoms with van der Waals surface area (Å²) in [5, 5.41) is 0. The van der Waals surface area contributed by atoms with Gasteiger partial charge in [0, 0.05) is 0 Å². The SMILES string of the molecule is Nc1ncc(S(=O)O)c(N)n1. The average Bonchev–Trinajstić information content (AvgIpc) is 1.85. The summed E-state index contributed by atoms with van der Waals surface area (Å²) in [7, 11) is 0. The monoisotopic (exact) mass is 174 g/mol. The van der Waals surface area contributed by atoms with Crippen LogP contribution in [0.4, 0.5) is 11.8 Å². The minimum absolute atomic E-state index is 0.0169. The summed E-state index contributed by atoms with van der Waals surface area (Å²) >= 11 is -2.15. The maximum absolute atomic E-state index is 10.4. The molecule has 0 fully saturated rings. The molecule has 1 rings (SSSR count). The predicted molar refractivity (Wildman–Crippen MR) is 39.9 cm³/mol. The average molecular weight is 174 g/mol. The van der Waals surface area contributed by atoms with Gasteiger partial charge in [-0.2, -0.15) is 4.98 Å². The number of anilines is 2. The smallest absolute Gasteiger partial charge is 0.221 e. The van der Waals surface area contributed by atoms with Crippen LogP contribution in [-0.4, -0.2) is 18.7 Å². The first-order valence-electron chi connectivity index (χ1n) is 2.60. The number of nitrogens with two attached hydrogens (primary N) is 2. The first-order chi connectivity index (χ1) is 5.11. The summed E-state index contributed by atoms with van der Waals surface area (Å²) in [6.45, 7) is 0. The lowest BCUT2D eigenvalue weighted by molar-refractivity contribution is 0.564. The van der Waals surface area contributed by atoms with E-state index in [1.165, 1.54) is 0 Å². The fourth-order valence-electron chi connectivity index (χ4n) is 0.533. The molecule has 0 aliphatic heterocycles. The fourth-order valence-corrected chi connectivity index (χ4v) is 0.900. The molecular weight excluding hydrogens is 168 g/mol. The van der Waals surface area contributed by atoms with Gasteiger partial charge in [-0.15, -0.1) is 0 Å². The second-order valence-electron chi connectivity index (χ2n) is 1.73. The summed E-state index contributed by atoms with van der Waals surface area (Å²) in [6, 6.07) is 0. The number of aromatic nitrogens is 2. The van der Waals surface area contributed by atoms with E-state index in [4.69, 9.17) is 16.0 Å². The van der Waals surface area contributed by atoms with E-state index in [-0.39, 0.29) is 16.7 Å². The molecule has 0 aliphatic carbocycles. The Morgan fingerprint density at radius 1 is 1.55 bits per heavy atom. The lowest BCUT2D eigenvalue weighted by atomic mass is 10.6. The molecule has 0 amide bonds. The summed E-state index contributed by atoms with van der Waals surface area (Å²) < 4.78 is 19.0. The summed E-state index contributed by atoms with van der Waals surface area (Å²) in [5.41, 5.74) is 10.4. The Balaban J connectivity index is 3.20. The van der Waals surface area contributed by atoms with Crippen molar-refractivity contribution in [2.45, 2.75) is 4.90 Å². The molecule has 6 nitrogen and oxygen atoms in total. The van der Waals surface area contributed by atoms with Gasteiger partial charge in [0.2, 0.25) is 5.95 Å². The molecule has 0 bridgehead atoms. The van der Waals surface area contributed by atoms with Crippen molar-refractivity contribution in [1.82, 2.24) is 9.97 Å². The largest absolute Gasteiger partial charge is 0.382 e. The van der Waals surface area contributed by atoms with E-state index in [1.54, 1.807) is 0 Å². The van der Waals surface area contributed by atoms with Crippen molar-refractivity contribution in [1.29, 1.82) is 0 Å². The maximum atomic E-state index is 10.4. The Morgan fingerprint density at radius 2 is 2.18 bits per heavy atom. The first kappa shape index (κ1) is 7.89. The van der Waals surface area contributed by atoms with Gasteiger partial charge in [-0.05, 0) is 0 Å². The van der Waals surface area contributed by atoms with Crippen molar-refractivity contribution in [2.24, 2.45) is 0 Å². The number of hydrogen-bond donors (Lipinski definition) is 3. The normalized spacial score (nSPS) is 12.8. The molecule has 1 aromatic rings. The highest BCUT2D eigenvalue weighted by atomic mass is 32.2. The number of nitrogen functional groups attached to an aromatic ring is 2. The van der Waals surface area contributed by atoms with E-state index >= 15 is 0 Å². The standard InChI is InChI=1S/C4H6N4O2S/c5-3-2(11(9)10)1-7-4(6)8-3/h1H,(H,9,10)(H4,5,6,7,8). The van der Waals surface area contributed by atoms with Crippen LogP contribution in [0.3, 0.4) is 0 Å². The summed E-state index contributed by atoms with van der Waals surface area (Å²) in [4.78, 5) is 6.95. The third-order valence-electron chi connectivity index (χ3n) is 0.990. The molecule has 1 aromatic heterocycles. The minimum atomic E-state index is -2.15. The van der Waals surface area contributed by atoms with Crippen molar-refractivity contribution in [3.8, 4) is 0 Å². The Hall–Kier alpha value is -1.21. The molecule has 7 heteroatoms. The molecule has 0 aromatic carbocycles. The van der Waals surface area contributed by atoms with Crippen molar-refractivity contribution in [2.75, 3.05) is 11.5 Å². The molecule has 1 heterocycles. The Kier molecular flexibility index (Phi) is 2.01. The third-order valence-corrected chi connectivity index (χ3v) is 1.68. The van der Waals surface area contributed by atoms with Crippen molar-refractivity contribution in [3.05, 3.63) is 6.20 Å². The van der Waals surface area contributed by atoms with Crippen LogP contribution in [0.5, 0.6) is 0 Å². The van der Waals surface area contributed by atoms with Crippen molar-refractivity contribution >= 4 is 22.8 Å². The molecular formula is C4H6N4O2S. The highest BCUT2D eigenvalue weighted by Crippen LogP contribution is 2.10. The highest BCUT2D eigenvalue weighted by Gasteiger charge is 2.06. The first-order valence-corrected chi connectivity index (χ1v) is 3.71. The summed E-state index contributed by atoms with van der Waals surface area (Å²) in [5.74, 6) is -0.0879. The maximum Gasteiger partial charge on any atom is 0.221 e. The van der Waals surface area contributed by atoms with E-state index < -0.39 is 11.1 Å². The van der Waals surface area contributed by atoms with Gasteiger partial charge < -0.3 is 16.0 Å². The van der Waals surface area contributed by atoms with E-state index in [9.17, 15) is 4.21 Å². The molecule has 5 N–H and O–H groups in total. The molecule has 11 heavy (non-hydrogen) atoms.